The van der Waals surface area contributed by atoms with Crippen LogP contribution >= 0.6 is 0 Å². The molecule has 2 aromatic rings. The lowest BCUT2D eigenvalue weighted by Crippen LogP contribution is -2.16. The molecule has 106 valence electrons. The second-order valence-corrected chi connectivity index (χ2v) is 6.12. The van der Waals surface area contributed by atoms with Gasteiger partial charge in [-0.15, -0.1) is 0 Å². The molecular weight excluding hydrogens is 279 g/mol. The van der Waals surface area contributed by atoms with E-state index in [0.717, 1.165) is 6.07 Å². The molecule has 4 nitrogen and oxygen atoms in total. The number of nitrogens with one attached hydrogen (secondary N) is 1. The topological polar surface area (TPSA) is 72.2 Å². The molecule has 0 aliphatic rings. The molecule has 0 saturated carbocycles. The first kappa shape index (κ1) is 14.5. The van der Waals surface area contributed by atoms with E-state index in [0.29, 0.717) is 11.3 Å². The third-order valence-electron chi connectivity index (χ3n) is 2.80. The zero-order valence-corrected chi connectivity index (χ0v) is 11.7. The third-order valence-corrected chi connectivity index (χ3v) is 4.17. The Hall–Kier alpha value is -1.92. The summed E-state index contributed by atoms with van der Waals surface area (Å²) in [5, 5.41) is 0. The fraction of sp³-hybridized carbons (Fsp3) is 0.143. The highest BCUT2D eigenvalue weighted by Crippen LogP contribution is 2.24. The first-order valence-corrected chi connectivity index (χ1v) is 7.51. The maximum absolute atomic E-state index is 13.1. The van der Waals surface area contributed by atoms with Crippen LogP contribution in [0.1, 0.15) is 18.5 Å². The van der Waals surface area contributed by atoms with Crippen molar-refractivity contribution in [1.82, 2.24) is 0 Å². The Bertz CT molecular complexity index is 715. The Kier molecular flexibility index (Phi) is 4.06. The van der Waals surface area contributed by atoms with Gasteiger partial charge in [-0.2, -0.15) is 0 Å². The molecule has 3 N–H and O–H groups in total. The predicted octanol–water partition coefficient (Wildman–Crippen LogP) is 2.65. The molecule has 0 fully saturated rings. The smallest absolute Gasteiger partial charge is 0.262 e. The summed E-state index contributed by atoms with van der Waals surface area (Å²) in [5.74, 6) is -0.603. The van der Waals surface area contributed by atoms with Crippen LogP contribution < -0.4 is 10.5 Å². The van der Waals surface area contributed by atoms with Crippen LogP contribution in [0.5, 0.6) is 0 Å². The van der Waals surface area contributed by atoms with Gasteiger partial charge in [-0.3, -0.25) is 4.72 Å². The number of benzene rings is 2. The fourth-order valence-electron chi connectivity index (χ4n) is 1.82. The minimum absolute atomic E-state index is 0.128. The van der Waals surface area contributed by atoms with Crippen LogP contribution in [0.15, 0.2) is 53.4 Å². The van der Waals surface area contributed by atoms with E-state index in [2.05, 4.69) is 4.72 Å². The molecule has 0 heterocycles. The molecule has 2 rings (SSSR count). The summed E-state index contributed by atoms with van der Waals surface area (Å²) in [7, 11) is -3.84. The number of hydrogen-bond acceptors (Lipinski definition) is 3. The highest BCUT2D eigenvalue weighted by molar-refractivity contribution is 7.92. The Morgan fingerprint density at radius 2 is 1.85 bits per heavy atom. The van der Waals surface area contributed by atoms with Crippen molar-refractivity contribution in [2.24, 2.45) is 5.73 Å². The van der Waals surface area contributed by atoms with Crippen molar-refractivity contribution in [3.8, 4) is 0 Å². The summed E-state index contributed by atoms with van der Waals surface area (Å²) in [4.78, 5) is -0.128. The van der Waals surface area contributed by atoms with E-state index in [1.165, 1.54) is 18.2 Å². The number of rotatable bonds is 4. The van der Waals surface area contributed by atoms with E-state index < -0.39 is 15.8 Å². The maximum atomic E-state index is 13.1. The second-order valence-electron chi connectivity index (χ2n) is 4.44. The van der Waals surface area contributed by atoms with E-state index in [4.69, 9.17) is 5.73 Å². The van der Waals surface area contributed by atoms with Gasteiger partial charge in [0.1, 0.15) is 5.82 Å². The van der Waals surface area contributed by atoms with Crippen molar-refractivity contribution >= 4 is 15.7 Å². The minimum Gasteiger partial charge on any atom is -0.324 e. The minimum atomic E-state index is -3.84. The number of sulfonamides is 1. The molecule has 1 atom stereocenters. The van der Waals surface area contributed by atoms with Crippen LogP contribution in [-0.2, 0) is 10.0 Å². The van der Waals surface area contributed by atoms with Gasteiger partial charge < -0.3 is 5.73 Å². The van der Waals surface area contributed by atoms with Crippen LogP contribution in [0.2, 0.25) is 0 Å². The van der Waals surface area contributed by atoms with E-state index in [1.54, 1.807) is 31.2 Å². The molecule has 0 saturated heterocycles. The molecule has 0 amide bonds. The number of nitrogens with two attached hydrogens (primary N) is 1. The van der Waals surface area contributed by atoms with Crippen molar-refractivity contribution in [2.45, 2.75) is 17.9 Å². The number of para-hydroxylation sites is 1. The lowest BCUT2D eigenvalue weighted by molar-refractivity contribution is 0.595. The van der Waals surface area contributed by atoms with Crippen LogP contribution in [0, 0.1) is 5.82 Å². The number of hydrogen-bond donors (Lipinski definition) is 2. The highest BCUT2D eigenvalue weighted by atomic mass is 32.2. The van der Waals surface area contributed by atoms with Crippen molar-refractivity contribution in [1.29, 1.82) is 0 Å². The van der Waals surface area contributed by atoms with Gasteiger partial charge >= 0.3 is 0 Å². The molecule has 0 aromatic heterocycles. The first-order chi connectivity index (χ1) is 9.40. The van der Waals surface area contributed by atoms with Gasteiger partial charge in [0.2, 0.25) is 0 Å². The number of halogens is 1. The van der Waals surface area contributed by atoms with Crippen molar-refractivity contribution < 1.29 is 12.8 Å². The van der Waals surface area contributed by atoms with Crippen LogP contribution in [0.3, 0.4) is 0 Å². The highest BCUT2D eigenvalue weighted by Gasteiger charge is 2.17. The average Bonchev–Trinajstić information content (AvgIpc) is 2.38. The van der Waals surface area contributed by atoms with Crippen molar-refractivity contribution in [2.75, 3.05) is 4.72 Å². The van der Waals surface area contributed by atoms with Gasteiger partial charge in [0.05, 0.1) is 10.6 Å². The fourth-order valence-corrected chi connectivity index (χ4v) is 2.94. The monoisotopic (exact) mass is 294 g/mol. The van der Waals surface area contributed by atoms with Crippen molar-refractivity contribution in [3.63, 3.8) is 0 Å². The van der Waals surface area contributed by atoms with Crippen LogP contribution in [-0.4, -0.2) is 8.42 Å². The zero-order valence-electron chi connectivity index (χ0n) is 10.9. The summed E-state index contributed by atoms with van der Waals surface area (Å²) in [5.41, 5.74) is 6.87. The molecule has 6 heteroatoms. The Morgan fingerprint density at radius 3 is 2.50 bits per heavy atom. The van der Waals surface area contributed by atoms with Gasteiger partial charge in [0.15, 0.2) is 0 Å². The van der Waals surface area contributed by atoms with E-state index in [-0.39, 0.29) is 10.9 Å². The van der Waals surface area contributed by atoms with E-state index in [1.807, 2.05) is 0 Å². The van der Waals surface area contributed by atoms with Gasteiger partial charge in [0, 0.05) is 6.04 Å². The molecule has 0 bridgehead atoms. The zero-order chi connectivity index (χ0) is 14.8. The van der Waals surface area contributed by atoms with Gasteiger partial charge in [0.25, 0.3) is 10.0 Å². The lowest BCUT2D eigenvalue weighted by atomic mass is 10.1. The molecule has 0 aliphatic heterocycles. The normalized spacial score (nSPS) is 12.9. The molecular formula is C14H15FN2O2S. The lowest BCUT2D eigenvalue weighted by Gasteiger charge is -2.14. The summed E-state index contributed by atoms with van der Waals surface area (Å²) >= 11 is 0. The maximum Gasteiger partial charge on any atom is 0.262 e. The Balaban J connectivity index is 2.39. The van der Waals surface area contributed by atoms with Crippen LogP contribution in [0.25, 0.3) is 0 Å². The summed E-state index contributed by atoms with van der Waals surface area (Å²) in [6.07, 6.45) is 0. The molecule has 0 spiro atoms. The first-order valence-electron chi connectivity index (χ1n) is 6.03. The SMILES string of the molecule is CC(N)c1ccccc1NS(=O)(=O)c1cccc(F)c1. The Morgan fingerprint density at radius 1 is 1.15 bits per heavy atom. The standard InChI is InChI=1S/C14H15FN2O2S/c1-10(16)13-7-2-3-8-14(13)17-20(18,19)12-6-4-5-11(15)9-12/h2-10,17H,16H2,1H3. The predicted molar refractivity (Wildman–Crippen MR) is 76.3 cm³/mol. The molecule has 1 unspecified atom stereocenters. The van der Waals surface area contributed by atoms with E-state index in [9.17, 15) is 12.8 Å². The summed E-state index contributed by atoms with van der Waals surface area (Å²) in [6.45, 7) is 1.76. The van der Waals surface area contributed by atoms with Gasteiger partial charge in [-0.1, -0.05) is 24.3 Å². The Labute approximate surface area is 117 Å². The second kappa shape index (κ2) is 5.60. The van der Waals surface area contributed by atoms with Crippen LogP contribution in [0.4, 0.5) is 10.1 Å². The molecule has 0 aliphatic carbocycles. The number of anilines is 1. The van der Waals surface area contributed by atoms with Crippen molar-refractivity contribution in [3.05, 3.63) is 59.9 Å². The molecule has 0 radical (unpaired) electrons. The average molecular weight is 294 g/mol. The summed E-state index contributed by atoms with van der Waals surface area (Å²) < 4.78 is 40.0. The van der Waals surface area contributed by atoms with Gasteiger partial charge in [-0.25, -0.2) is 12.8 Å². The van der Waals surface area contributed by atoms with Gasteiger partial charge in [-0.05, 0) is 36.8 Å². The quantitative estimate of drug-likeness (QED) is 0.910. The third kappa shape index (κ3) is 3.15. The van der Waals surface area contributed by atoms with E-state index >= 15 is 0 Å². The largest absolute Gasteiger partial charge is 0.324 e. The summed E-state index contributed by atoms with van der Waals surface area (Å²) in [6, 6.07) is 11.4. The molecule has 2 aromatic carbocycles. The molecule has 20 heavy (non-hydrogen) atoms.